The predicted octanol–water partition coefficient (Wildman–Crippen LogP) is 6.33. The first kappa shape index (κ1) is 20.2. The van der Waals surface area contributed by atoms with Gasteiger partial charge in [-0.15, -0.1) is 0 Å². The number of rotatable bonds is 7. The van der Waals surface area contributed by atoms with Crippen LogP contribution in [0.5, 0.6) is 11.5 Å². The van der Waals surface area contributed by atoms with Gasteiger partial charge in [0.25, 0.3) is 5.91 Å². The number of nitrogens with one attached hydrogen (secondary N) is 1. The van der Waals surface area contributed by atoms with Gasteiger partial charge < -0.3 is 14.8 Å². The number of hydrogen-bond donors (Lipinski definition) is 1. The van der Waals surface area contributed by atoms with Crippen molar-refractivity contribution < 1.29 is 14.3 Å². The summed E-state index contributed by atoms with van der Waals surface area (Å²) in [6, 6.07) is 19.9. The van der Waals surface area contributed by atoms with E-state index in [0.29, 0.717) is 28.7 Å². The number of ether oxygens (including phenoxy) is 2. The van der Waals surface area contributed by atoms with Crippen LogP contribution in [-0.4, -0.2) is 12.5 Å². The van der Waals surface area contributed by atoms with Gasteiger partial charge in [0.1, 0.15) is 18.1 Å². The molecule has 3 aromatic rings. The highest BCUT2D eigenvalue weighted by Crippen LogP contribution is 2.24. The maximum atomic E-state index is 12.6. The number of benzene rings is 3. The third kappa shape index (κ3) is 5.50. The first-order chi connectivity index (χ1) is 13.5. The second-order valence-electron chi connectivity index (χ2n) is 5.96. The van der Waals surface area contributed by atoms with Crippen LogP contribution >= 0.6 is 27.5 Å². The minimum Gasteiger partial charge on any atom is -0.493 e. The van der Waals surface area contributed by atoms with Crippen molar-refractivity contribution >= 4 is 39.1 Å². The second-order valence-corrected chi connectivity index (χ2v) is 7.31. The van der Waals surface area contributed by atoms with Crippen molar-refractivity contribution in [2.75, 3.05) is 11.9 Å². The van der Waals surface area contributed by atoms with Crippen molar-refractivity contribution in [3.8, 4) is 11.5 Å². The monoisotopic (exact) mass is 459 g/mol. The molecule has 0 atom stereocenters. The summed E-state index contributed by atoms with van der Waals surface area (Å²) in [5.74, 6) is 1.19. The Labute approximate surface area is 177 Å². The van der Waals surface area contributed by atoms with Crippen LogP contribution in [0.2, 0.25) is 5.02 Å². The molecule has 1 N–H and O–H groups in total. The Balaban J connectivity index is 1.76. The largest absolute Gasteiger partial charge is 0.493 e. The molecule has 0 bridgehead atoms. The van der Waals surface area contributed by atoms with Gasteiger partial charge in [0.15, 0.2) is 0 Å². The van der Waals surface area contributed by atoms with Crippen molar-refractivity contribution in [3.05, 3.63) is 87.4 Å². The Morgan fingerprint density at radius 1 is 1.00 bits per heavy atom. The van der Waals surface area contributed by atoms with Crippen LogP contribution < -0.4 is 14.8 Å². The zero-order chi connectivity index (χ0) is 19.9. The van der Waals surface area contributed by atoms with E-state index in [2.05, 4.69) is 21.2 Å². The maximum absolute atomic E-state index is 12.6. The Morgan fingerprint density at radius 2 is 1.71 bits per heavy atom. The molecular weight excluding hydrogens is 442 g/mol. The standard InChI is InChI=1S/C22H19BrClNO3/c1-2-27-21-12-3-15(22(26)25-19-8-4-17(23)5-9-19)13-16(21)14-28-20-10-6-18(24)7-11-20/h3-13H,2,14H2,1H3,(H,25,26). The fourth-order valence-electron chi connectivity index (χ4n) is 2.56. The van der Waals surface area contributed by atoms with E-state index in [1.54, 1.807) is 42.5 Å². The van der Waals surface area contributed by atoms with Crippen molar-refractivity contribution in [1.82, 2.24) is 0 Å². The molecule has 28 heavy (non-hydrogen) atoms. The van der Waals surface area contributed by atoms with Gasteiger partial charge in [-0.2, -0.15) is 0 Å². The molecule has 0 aliphatic heterocycles. The average molecular weight is 461 g/mol. The number of halogens is 2. The molecule has 0 aliphatic rings. The lowest BCUT2D eigenvalue weighted by atomic mass is 10.1. The number of anilines is 1. The van der Waals surface area contributed by atoms with Crippen molar-refractivity contribution in [2.24, 2.45) is 0 Å². The highest BCUT2D eigenvalue weighted by molar-refractivity contribution is 9.10. The third-order valence-corrected chi connectivity index (χ3v) is 4.71. The zero-order valence-corrected chi connectivity index (χ0v) is 17.6. The first-order valence-corrected chi connectivity index (χ1v) is 9.93. The molecule has 0 aliphatic carbocycles. The Morgan fingerprint density at radius 3 is 2.39 bits per heavy atom. The summed E-state index contributed by atoms with van der Waals surface area (Å²) in [5.41, 5.74) is 2.04. The van der Waals surface area contributed by atoms with Crippen molar-refractivity contribution in [1.29, 1.82) is 0 Å². The molecule has 0 heterocycles. The van der Waals surface area contributed by atoms with Gasteiger partial charge in [-0.3, -0.25) is 4.79 Å². The summed E-state index contributed by atoms with van der Waals surface area (Å²) in [4.78, 5) is 12.6. The summed E-state index contributed by atoms with van der Waals surface area (Å²) in [7, 11) is 0. The summed E-state index contributed by atoms with van der Waals surface area (Å²) >= 11 is 9.28. The molecule has 0 saturated heterocycles. The second kappa shape index (κ2) is 9.62. The van der Waals surface area contributed by atoms with Gasteiger partial charge in [-0.25, -0.2) is 0 Å². The zero-order valence-electron chi connectivity index (χ0n) is 15.2. The van der Waals surface area contributed by atoms with Gasteiger partial charge in [0.05, 0.1) is 6.61 Å². The quantitative estimate of drug-likeness (QED) is 0.448. The highest BCUT2D eigenvalue weighted by Gasteiger charge is 2.12. The van der Waals surface area contributed by atoms with E-state index in [4.69, 9.17) is 21.1 Å². The van der Waals surface area contributed by atoms with Crippen LogP contribution in [0.3, 0.4) is 0 Å². The number of carbonyl (C=O) groups excluding carboxylic acids is 1. The normalized spacial score (nSPS) is 10.4. The molecule has 4 nitrogen and oxygen atoms in total. The highest BCUT2D eigenvalue weighted by atomic mass is 79.9. The molecule has 0 radical (unpaired) electrons. The molecule has 6 heteroatoms. The lowest BCUT2D eigenvalue weighted by Gasteiger charge is -2.13. The van der Waals surface area contributed by atoms with Gasteiger partial charge in [0, 0.05) is 26.3 Å². The fraction of sp³-hybridized carbons (Fsp3) is 0.136. The van der Waals surface area contributed by atoms with E-state index in [1.165, 1.54) is 0 Å². The lowest BCUT2D eigenvalue weighted by Crippen LogP contribution is -2.13. The van der Waals surface area contributed by atoms with Crippen LogP contribution in [0.15, 0.2) is 71.2 Å². The molecule has 0 spiro atoms. The number of amides is 1. The van der Waals surface area contributed by atoms with Crippen LogP contribution in [0.1, 0.15) is 22.8 Å². The number of carbonyl (C=O) groups is 1. The van der Waals surface area contributed by atoms with E-state index in [-0.39, 0.29) is 12.5 Å². The molecule has 144 valence electrons. The third-order valence-electron chi connectivity index (χ3n) is 3.93. The van der Waals surface area contributed by atoms with E-state index < -0.39 is 0 Å². The summed E-state index contributed by atoms with van der Waals surface area (Å²) in [6.45, 7) is 2.72. The molecule has 0 fully saturated rings. The van der Waals surface area contributed by atoms with Crippen molar-refractivity contribution in [2.45, 2.75) is 13.5 Å². The minimum atomic E-state index is -0.196. The molecule has 0 aromatic heterocycles. The van der Waals surface area contributed by atoms with E-state index in [1.807, 2.05) is 31.2 Å². The Hall–Kier alpha value is -2.50. The molecule has 0 saturated carbocycles. The smallest absolute Gasteiger partial charge is 0.255 e. The van der Waals surface area contributed by atoms with Crippen LogP contribution in [0, 0.1) is 0 Å². The molecule has 1 amide bonds. The van der Waals surface area contributed by atoms with Gasteiger partial charge >= 0.3 is 0 Å². The van der Waals surface area contributed by atoms with Crippen molar-refractivity contribution in [3.63, 3.8) is 0 Å². The Kier molecular flexibility index (Phi) is 6.95. The minimum absolute atomic E-state index is 0.196. The van der Waals surface area contributed by atoms with E-state index in [0.717, 1.165) is 15.7 Å². The topological polar surface area (TPSA) is 47.6 Å². The molecule has 3 aromatic carbocycles. The summed E-state index contributed by atoms with van der Waals surface area (Å²) in [6.07, 6.45) is 0. The molecule has 3 rings (SSSR count). The first-order valence-electron chi connectivity index (χ1n) is 8.76. The predicted molar refractivity (Wildman–Crippen MR) is 115 cm³/mol. The molecular formula is C22H19BrClNO3. The van der Waals surface area contributed by atoms with E-state index in [9.17, 15) is 4.79 Å². The van der Waals surface area contributed by atoms with E-state index >= 15 is 0 Å². The van der Waals surface area contributed by atoms with Crippen LogP contribution in [0.4, 0.5) is 5.69 Å². The van der Waals surface area contributed by atoms with Crippen LogP contribution in [0.25, 0.3) is 0 Å². The lowest BCUT2D eigenvalue weighted by molar-refractivity contribution is 0.102. The van der Waals surface area contributed by atoms with Gasteiger partial charge in [-0.1, -0.05) is 27.5 Å². The molecule has 0 unspecified atom stereocenters. The Bertz CT molecular complexity index is 943. The summed E-state index contributed by atoms with van der Waals surface area (Å²) < 4.78 is 12.4. The number of hydrogen-bond acceptors (Lipinski definition) is 3. The van der Waals surface area contributed by atoms with Gasteiger partial charge in [0.2, 0.25) is 0 Å². The SMILES string of the molecule is CCOc1ccc(C(=O)Nc2ccc(Br)cc2)cc1COc1ccc(Cl)cc1. The summed E-state index contributed by atoms with van der Waals surface area (Å²) in [5, 5.41) is 3.54. The average Bonchev–Trinajstić information content (AvgIpc) is 2.70. The maximum Gasteiger partial charge on any atom is 0.255 e. The van der Waals surface area contributed by atoms with Crippen LogP contribution in [-0.2, 0) is 6.61 Å². The van der Waals surface area contributed by atoms with Gasteiger partial charge in [-0.05, 0) is 73.7 Å². The fourth-order valence-corrected chi connectivity index (χ4v) is 2.95.